The molecule has 0 amide bonds. The number of anilines is 1. The Hall–Kier alpha value is -3.07. The van der Waals surface area contributed by atoms with Gasteiger partial charge in [0, 0.05) is 6.20 Å². The van der Waals surface area contributed by atoms with Crippen LogP contribution in [-0.2, 0) is 6.61 Å². The first-order chi connectivity index (χ1) is 12.3. The molecular formula is C19H19N5O. The van der Waals surface area contributed by atoms with E-state index in [-0.39, 0.29) is 12.0 Å². The highest BCUT2D eigenvalue weighted by atomic mass is 16.5. The largest absolute Gasteiger partial charge is 0.472 e. The molecule has 4 rings (SSSR count). The number of aromatic nitrogens is 3. The molecule has 0 saturated heterocycles. The van der Waals surface area contributed by atoms with Crippen molar-refractivity contribution in [3.05, 3.63) is 48.2 Å². The fraction of sp³-hybridized carbons (Fsp3) is 0.316. The molecule has 3 aromatic rings. The summed E-state index contributed by atoms with van der Waals surface area (Å²) < 4.78 is 7.80. The second kappa shape index (κ2) is 6.44. The molecule has 2 atom stereocenters. The number of hydrogen-bond acceptors (Lipinski definition) is 5. The molecule has 0 radical (unpaired) electrons. The summed E-state index contributed by atoms with van der Waals surface area (Å²) in [5, 5.41) is 14.6. The molecule has 1 aromatic carbocycles. The van der Waals surface area contributed by atoms with Gasteiger partial charge in [-0.2, -0.15) is 10.4 Å². The Balaban J connectivity index is 1.69. The third-order valence-corrected chi connectivity index (χ3v) is 4.79. The number of nitriles is 1. The zero-order valence-corrected chi connectivity index (χ0v) is 13.8. The number of ether oxygens (including phenoxy) is 1. The van der Waals surface area contributed by atoms with Crippen LogP contribution in [0.3, 0.4) is 0 Å². The molecule has 2 heterocycles. The number of nitrogen functional groups attached to an aromatic ring is 1. The van der Waals surface area contributed by atoms with Crippen LogP contribution in [0.15, 0.2) is 42.6 Å². The topological polar surface area (TPSA) is 89.8 Å². The third kappa shape index (κ3) is 2.78. The quantitative estimate of drug-likeness (QED) is 0.789. The molecule has 6 heteroatoms. The van der Waals surface area contributed by atoms with Crippen molar-refractivity contribution in [3.8, 4) is 11.9 Å². The van der Waals surface area contributed by atoms with Gasteiger partial charge in [-0.05, 0) is 30.9 Å². The summed E-state index contributed by atoms with van der Waals surface area (Å²) in [6, 6.07) is 14.3. The van der Waals surface area contributed by atoms with Crippen LogP contribution in [0.5, 0.6) is 5.88 Å². The number of nitrogens with zero attached hydrogens (tertiary/aromatic N) is 4. The van der Waals surface area contributed by atoms with E-state index in [1.165, 1.54) is 0 Å². The van der Waals surface area contributed by atoms with E-state index in [2.05, 4.69) is 16.2 Å². The van der Waals surface area contributed by atoms with Gasteiger partial charge in [-0.1, -0.05) is 30.3 Å². The van der Waals surface area contributed by atoms with Crippen LogP contribution < -0.4 is 10.5 Å². The highest BCUT2D eigenvalue weighted by Gasteiger charge is 2.31. The average molecular weight is 333 g/mol. The summed E-state index contributed by atoms with van der Waals surface area (Å²) in [6.07, 6.45) is 4.59. The number of benzene rings is 1. The van der Waals surface area contributed by atoms with E-state index in [1.54, 1.807) is 6.20 Å². The molecule has 0 bridgehead atoms. The maximum Gasteiger partial charge on any atom is 0.227 e. The van der Waals surface area contributed by atoms with Gasteiger partial charge in [-0.15, -0.1) is 0 Å². The lowest BCUT2D eigenvalue weighted by Crippen LogP contribution is -2.14. The van der Waals surface area contributed by atoms with Gasteiger partial charge >= 0.3 is 0 Å². The minimum absolute atomic E-state index is 0.0237. The Morgan fingerprint density at radius 2 is 2.08 bits per heavy atom. The highest BCUT2D eigenvalue weighted by Crippen LogP contribution is 2.39. The first-order valence-corrected chi connectivity index (χ1v) is 8.47. The van der Waals surface area contributed by atoms with Crippen LogP contribution in [0.1, 0.15) is 30.9 Å². The molecule has 1 saturated carbocycles. The predicted octanol–water partition coefficient (Wildman–Crippen LogP) is 3.46. The summed E-state index contributed by atoms with van der Waals surface area (Å²) in [5.41, 5.74) is 8.11. The van der Waals surface area contributed by atoms with Crippen molar-refractivity contribution in [3.63, 3.8) is 0 Å². The van der Waals surface area contributed by atoms with Crippen LogP contribution in [-0.4, -0.2) is 14.8 Å². The van der Waals surface area contributed by atoms with Crippen molar-refractivity contribution in [1.82, 2.24) is 14.8 Å². The zero-order chi connectivity index (χ0) is 17.2. The lowest BCUT2D eigenvalue weighted by molar-refractivity contribution is 0.298. The van der Waals surface area contributed by atoms with E-state index >= 15 is 0 Å². The fourth-order valence-electron chi connectivity index (χ4n) is 3.56. The van der Waals surface area contributed by atoms with Crippen LogP contribution in [0.4, 0.5) is 5.82 Å². The number of rotatable bonds is 4. The van der Waals surface area contributed by atoms with Gasteiger partial charge in [0.2, 0.25) is 5.88 Å². The van der Waals surface area contributed by atoms with Gasteiger partial charge < -0.3 is 10.5 Å². The van der Waals surface area contributed by atoms with E-state index in [9.17, 15) is 5.26 Å². The van der Waals surface area contributed by atoms with Gasteiger partial charge in [0.05, 0.1) is 23.5 Å². The van der Waals surface area contributed by atoms with Gasteiger partial charge in [0.25, 0.3) is 0 Å². The van der Waals surface area contributed by atoms with Crippen LogP contribution in [0.2, 0.25) is 0 Å². The second-order valence-electron chi connectivity index (χ2n) is 6.35. The van der Waals surface area contributed by atoms with Crippen LogP contribution >= 0.6 is 0 Å². The van der Waals surface area contributed by atoms with Crippen molar-refractivity contribution >= 4 is 16.7 Å². The van der Waals surface area contributed by atoms with Gasteiger partial charge in [-0.25, -0.2) is 4.98 Å². The van der Waals surface area contributed by atoms with Gasteiger partial charge in [-0.3, -0.25) is 4.68 Å². The number of hydrogen-bond donors (Lipinski definition) is 1. The molecule has 1 aliphatic carbocycles. The minimum atomic E-state index is -0.0237. The van der Waals surface area contributed by atoms with E-state index < -0.39 is 0 Å². The van der Waals surface area contributed by atoms with Crippen LogP contribution in [0.25, 0.3) is 10.9 Å². The van der Waals surface area contributed by atoms with Crippen molar-refractivity contribution < 1.29 is 4.74 Å². The summed E-state index contributed by atoms with van der Waals surface area (Å²) in [7, 11) is 0. The monoisotopic (exact) mass is 333 g/mol. The lowest BCUT2D eigenvalue weighted by atomic mass is 10.1. The molecule has 2 unspecified atom stereocenters. The Morgan fingerprint density at radius 3 is 2.88 bits per heavy atom. The molecule has 0 aliphatic heterocycles. The lowest BCUT2D eigenvalue weighted by Gasteiger charge is -2.15. The van der Waals surface area contributed by atoms with E-state index in [0.29, 0.717) is 18.3 Å². The summed E-state index contributed by atoms with van der Waals surface area (Å²) >= 11 is 0. The molecule has 2 N–H and O–H groups in total. The number of nitrogens with two attached hydrogens (primary N) is 1. The molecular weight excluding hydrogens is 314 g/mol. The summed E-state index contributed by atoms with van der Waals surface area (Å²) in [4.78, 5) is 4.34. The Labute approximate surface area is 145 Å². The molecule has 1 fully saturated rings. The number of pyridine rings is 1. The van der Waals surface area contributed by atoms with E-state index in [4.69, 9.17) is 10.5 Å². The normalized spacial score (nSPS) is 19.8. The summed E-state index contributed by atoms with van der Waals surface area (Å²) in [5.74, 6) is 0.857. The van der Waals surface area contributed by atoms with E-state index in [0.717, 1.165) is 35.7 Å². The zero-order valence-electron chi connectivity index (χ0n) is 13.8. The maximum atomic E-state index is 9.38. The summed E-state index contributed by atoms with van der Waals surface area (Å²) in [6.45, 7) is 0.418. The number of fused-ring (bicyclic) bond motifs is 1. The molecule has 6 nitrogen and oxygen atoms in total. The van der Waals surface area contributed by atoms with E-state index in [1.807, 2.05) is 41.1 Å². The molecule has 2 aromatic heterocycles. The predicted molar refractivity (Wildman–Crippen MR) is 94.7 cm³/mol. The third-order valence-electron chi connectivity index (χ3n) is 4.79. The molecule has 25 heavy (non-hydrogen) atoms. The van der Waals surface area contributed by atoms with Gasteiger partial charge in [0.15, 0.2) is 5.82 Å². The van der Waals surface area contributed by atoms with Crippen molar-refractivity contribution in [2.75, 3.05) is 5.73 Å². The molecule has 0 spiro atoms. The SMILES string of the molecule is N#CC1CCCC1n1nc(N)c2c(OCc3ccccc3)nccc21. The highest BCUT2D eigenvalue weighted by molar-refractivity contribution is 5.93. The van der Waals surface area contributed by atoms with Crippen molar-refractivity contribution in [2.24, 2.45) is 5.92 Å². The fourth-order valence-corrected chi connectivity index (χ4v) is 3.56. The smallest absolute Gasteiger partial charge is 0.227 e. The second-order valence-corrected chi connectivity index (χ2v) is 6.35. The Kier molecular flexibility index (Phi) is 3.98. The first kappa shape index (κ1) is 15.5. The standard InChI is InChI=1S/C19H19N5O/c20-11-14-7-4-8-15(14)24-16-9-10-22-19(17(16)18(21)23-24)25-12-13-5-2-1-3-6-13/h1-3,5-6,9-10,14-15H,4,7-8,12H2,(H2,21,23). The first-order valence-electron chi connectivity index (χ1n) is 8.47. The van der Waals surface area contributed by atoms with Crippen molar-refractivity contribution in [2.45, 2.75) is 31.9 Å². The Bertz CT molecular complexity index is 928. The maximum absolute atomic E-state index is 9.38. The average Bonchev–Trinajstić information content (AvgIpc) is 3.25. The minimum Gasteiger partial charge on any atom is -0.472 e. The van der Waals surface area contributed by atoms with Gasteiger partial charge in [0.1, 0.15) is 12.0 Å². The van der Waals surface area contributed by atoms with Crippen molar-refractivity contribution in [1.29, 1.82) is 5.26 Å². The molecule has 1 aliphatic rings. The molecule has 126 valence electrons. The Morgan fingerprint density at radius 1 is 1.24 bits per heavy atom. The van der Waals surface area contributed by atoms with Crippen LogP contribution in [0, 0.1) is 17.2 Å².